The van der Waals surface area contributed by atoms with Crippen LogP contribution >= 0.6 is 0 Å². The number of nitrogens with zero attached hydrogens (tertiary/aromatic N) is 2. The van der Waals surface area contributed by atoms with E-state index in [0.29, 0.717) is 6.42 Å². The van der Waals surface area contributed by atoms with Crippen LogP contribution in [0.1, 0.15) is 46.5 Å². The van der Waals surface area contributed by atoms with Gasteiger partial charge < -0.3 is 10.1 Å². The Balaban J connectivity index is 2.12. The maximum absolute atomic E-state index is 13.0. The van der Waals surface area contributed by atoms with Crippen LogP contribution in [0.15, 0.2) is 5.16 Å². The summed E-state index contributed by atoms with van der Waals surface area (Å²) < 4.78 is 0. The maximum Gasteiger partial charge on any atom is 0.237 e. The lowest BCUT2D eigenvalue weighted by Gasteiger charge is -2.39. The van der Waals surface area contributed by atoms with Gasteiger partial charge in [-0.2, -0.15) is 0 Å². The highest BCUT2D eigenvalue weighted by Crippen LogP contribution is 2.69. The number of hydrogen-bond donors (Lipinski definition) is 1. The highest BCUT2D eigenvalue weighted by molar-refractivity contribution is 6.50. The second-order valence-corrected chi connectivity index (χ2v) is 7.14. The molecular formula is C15H22N2O3. The van der Waals surface area contributed by atoms with Crippen molar-refractivity contribution in [1.29, 1.82) is 0 Å². The molecule has 2 saturated carbocycles. The molecule has 1 N–H and O–H groups in total. The molecule has 1 aliphatic heterocycles. The van der Waals surface area contributed by atoms with Gasteiger partial charge in [0.25, 0.3) is 0 Å². The molecule has 2 unspecified atom stereocenters. The average Bonchev–Trinajstić information content (AvgIpc) is 3.01. The first-order chi connectivity index (χ1) is 9.33. The molecule has 20 heavy (non-hydrogen) atoms. The van der Waals surface area contributed by atoms with Gasteiger partial charge in [-0.25, -0.2) is 0 Å². The van der Waals surface area contributed by atoms with E-state index in [2.05, 4.69) is 5.16 Å². The fraction of sp³-hybridized carbons (Fsp3) is 0.800. The van der Waals surface area contributed by atoms with E-state index in [1.54, 1.807) is 0 Å². The molecule has 3 fully saturated rings. The topological polar surface area (TPSA) is 70.0 Å². The predicted molar refractivity (Wildman–Crippen MR) is 73.6 cm³/mol. The first-order valence-electron chi connectivity index (χ1n) is 7.40. The van der Waals surface area contributed by atoms with E-state index in [-0.39, 0.29) is 17.4 Å². The van der Waals surface area contributed by atoms with Crippen LogP contribution in [0.5, 0.6) is 0 Å². The molecule has 5 nitrogen and oxygen atoms in total. The van der Waals surface area contributed by atoms with Gasteiger partial charge in [-0.1, -0.05) is 25.9 Å². The van der Waals surface area contributed by atoms with Gasteiger partial charge in [0.1, 0.15) is 11.1 Å². The number of carbonyl (C=O) groups is 2. The van der Waals surface area contributed by atoms with Crippen molar-refractivity contribution in [2.75, 3.05) is 13.1 Å². The summed E-state index contributed by atoms with van der Waals surface area (Å²) in [6.07, 6.45) is 3.32. The summed E-state index contributed by atoms with van der Waals surface area (Å²) in [5.74, 6) is -0.303. The number of oxime groups is 1. The number of Topliss-reactive ketones (excluding diaryl/α,β-unsaturated/α-hetero) is 1. The largest absolute Gasteiger partial charge is 0.411 e. The van der Waals surface area contributed by atoms with Crippen molar-refractivity contribution in [2.24, 2.45) is 21.4 Å². The number of ketones is 1. The van der Waals surface area contributed by atoms with Gasteiger partial charge in [-0.3, -0.25) is 9.59 Å². The summed E-state index contributed by atoms with van der Waals surface area (Å²) in [5, 5.41) is 12.5. The number of carbonyl (C=O) groups excluding carboxylic acids is 2. The standard InChI is InChI=1S/C15H22N2O3/c1-13(2)14(3)6-7-15(13,11(18)10(14)16-20)12(19)17-8-4-5-9-17/h20H,4-9H2,1-3H3/b16-10+. The molecule has 0 radical (unpaired) electrons. The van der Waals surface area contributed by atoms with Crippen LogP contribution in [-0.2, 0) is 9.59 Å². The van der Waals surface area contributed by atoms with Crippen LogP contribution in [0.2, 0.25) is 0 Å². The molecular weight excluding hydrogens is 256 g/mol. The van der Waals surface area contributed by atoms with Gasteiger partial charge in [0.15, 0.2) is 5.78 Å². The summed E-state index contributed by atoms with van der Waals surface area (Å²) in [5.41, 5.74) is -1.83. The van der Waals surface area contributed by atoms with Crippen molar-refractivity contribution >= 4 is 17.4 Å². The molecule has 3 aliphatic rings. The molecule has 5 heteroatoms. The van der Waals surface area contributed by atoms with Crippen molar-refractivity contribution in [3.8, 4) is 0 Å². The Hall–Kier alpha value is -1.39. The van der Waals surface area contributed by atoms with E-state index in [0.717, 1.165) is 32.4 Å². The fourth-order valence-electron chi connectivity index (χ4n) is 4.62. The van der Waals surface area contributed by atoms with Crippen LogP contribution in [0.3, 0.4) is 0 Å². The summed E-state index contributed by atoms with van der Waals surface area (Å²) in [7, 11) is 0. The molecule has 2 atom stereocenters. The molecule has 1 amide bonds. The number of likely N-dealkylation sites (tertiary alicyclic amines) is 1. The van der Waals surface area contributed by atoms with E-state index < -0.39 is 16.2 Å². The minimum Gasteiger partial charge on any atom is -0.411 e. The number of amides is 1. The van der Waals surface area contributed by atoms with E-state index in [9.17, 15) is 14.8 Å². The van der Waals surface area contributed by atoms with Gasteiger partial charge in [-0.05, 0) is 31.1 Å². The zero-order valence-electron chi connectivity index (χ0n) is 12.4. The molecule has 0 aromatic rings. The average molecular weight is 278 g/mol. The van der Waals surface area contributed by atoms with Crippen molar-refractivity contribution in [2.45, 2.75) is 46.5 Å². The molecule has 0 spiro atoms. The van der Waals surface area contributed by atoms with Crippen LogP contribution in [0.4, 0.5) is 0 Å². The summed E-state index contributed by atoms with van der Waals surface area (Å²) in [6.45, 7) is 7.39. The minimum absolute atomic E-state index is 0.0487. The van der Waals surface area contributed by atoms with Crippen LogP contribution in [0, 0.1) is 16.2 Å². The Morgan fingerprint density at radius 1 is 1.20 bits per heavy atom. The Bertz CT molecular complexity index is 519. The van der Waals surface area contributed by atoms with Crippen molar-refractivity contribution in [3.63, 3.8) is 0 Å². The second-order valence-electron chi connectivity index (χ2n) is 7.14. The lowest BCUT2D eigenvalue weighted by molar-refractivity contribution is -0.151. The fourth-order valence-corrected chi connectivity index (χ4v) is 4.62. The zero-order chi connectivity index (χ0) is 14.8. The molecule has 2 aliphatic carbocycles. The quantitative estimate of drug-likeness (QED) is 0.452. The lowest BCUT2D eigenvalue weighted by atomic mass is 9.64. The first kappa shape index (κ1) is 13.6. The number of rotatable bonds is 1. The van der Waals surface area contributed by atoms with Gasteiger partial charge >= 0.3 is 0 Å². The normalized spacial score (nSPS) is 40.9. The molecule has 2 bridgehead atoms. The van der Waals surface area contributed by atoms with E-state index in [1.807, 2.05) is 25.7 Å². The third kappa shape index (κ3) is 1.18. The maximum atomic E-state index is 13.0. The van der Waals surface area contributed by atoms with Crippen molar-refractivity contribution < 1.29 is 14.8 Å². The lowest BCUT2D eigenvalue weighted by Crippen LogP contribution is -2.51. The minimum atomic E-state index is -1.02. The summed E-state index contributed by atoms with van der Waals surface area (Å²) >= 11 is 0. The van der Waals surface area contributed by atoms with E-state index in [1.165, 1.54) is 0 Å². The van der Waals surface area contributed by atoms with Gasteiger partial charge in [-0.15, -0.1) is 0 Å². The van der Waals surface area contributed by atoms with Crippen LogP contribution in [-0.4, -0.2) is 40.6 Å². The summed E-state index contributed by atoms with van der Waals surface area (Å²) in [4.78, 5) is 27.7. The molecule has 1 saturated heterocycles. The zero-order valence-corrected chi connectivity index (χ0v) is 12.4. The molecule has 0 aromatic heterocycles. The van der Waals surface area contributed by atoms with E-state index >= 15 is 0 Å². The first-order valence-corrected chi connectivity index (χ1v) is 7.40. The van der Waals surface area contributed by atoms with Crippen LogP contribution in [0.25, 0.3) is 0 Å². The van der Waals surface area contributed by atoms with Crippen LogP contribution < -0.4 is 0 Å². The Morgan fingerprint density at radius 2 is 1.80 bits per heavy atom. The SMILES string of the molecule is CC12CCC(C(=O)N3CCCC3)(C(=O)/C1=N\O)C2(C)C. The Kier molecular flexibility index (Phi) is 2.60. The smallest absolute Gasteiger partial charge is 0.237 e. The third-order valence-electron chi connectivity index (χ3n) is 6.43. The Labute approximate surface area is 119 Å². The molecule has 1 heterocycles. The molecule has 110 valence electrons. The van der Waals surface area contributed by atoms with Gasteiger partial charge in [0, 0.05) is 18.5 Å². The Morgan fingerprint density at radius 3 is 2.30 bits per heavy atom. The molecule has 3 rings (SSSR count). The number of fused-ring (bicyclic) bond motifs is 2. The van der Waals surface area contributed by atoms with Gasteiger partial charge in [0.05, 0.1) is 0 Å². The van der Waals surface area contributed by atoms with Crippen molar-refractivity contribution in [1.82, 2.24) is 4.90 Å². The molecule has 0 aromatic carbocycles. The highest BCUT2D eigenvalue weighted by Gasteiger charge is 2.77. The summed E-state index contributed by atoms with van der Waals surface area (Å²) in [6, 6.07) is 0. The highest BCUT2D eigenvalue weighted by atomic mass is 16.4. The third-order valence-corrected chi connectivity index (χ3v) is 6.43. The second kappa shape index (κ2) is 3.83. The number of hydrogen-bond acceptors (Lipinski definition) is 4. The van der Waals surface area contributed by atoms with E-state index in [4.69, 9.17) is 0 Å². The van der Waals surface area contributed by atoms with Crippen molar-refractivity contribution in [3.05, 3.63) is 0 Å². The predicted octanol–water partition coefficient (Wildman–Crippen LogP) is 1.83. The van der Waals surface area contributed by atoms with Gasteiger partial charge in [0.2, 0.25) is 5.91 Å². The monoisotopic (exact) mass is 278 g/mol.